The van der Waals surface area contributed by atoms with Gasteiger partial charge >= 0.3 is 0 Å². The topological polar surface area (TPSA) is 93.0 Å². The zero-order valence-electron chi connectivity index (χ0n) is 16.4. The molecule has 2 amide bonds. The van der Waals surface area contributed by atoms with Gasteiger partial charge < -0.3 is 10.2 Å². The highest BCUT2D eigenvalue weighted by molar-refractivity contribution is 7.99. The first-order chi connectivity index (χ1) is 14.7. The molecule has 0 atom stereocenters. The highest BCUT2D eigenvalue weighted by atomic mass is 32.2. The normalized spacial score (nSPS) is 13.4. The van der Waals surface area contributed by atoms with Crippen LogP contribution < -0.4 is 5.32 Å². The molecule has 0 radical (unpaired) electrons. The standard InChI is InChI=1S/C21H22N6O2S/c28-18(23-17-6-2-1-3-7-17)14-27-21(30-15-19(29)26-12-4-5-13-26)24-20(25-27)16-8-10-22-11-9-16/h1-3,6-11H,4-5,12-15H2,(H,23,28). The maximum atomic E-state index is 12.5. The number of carbonyl (C=O) groups excluding carboxylic acids is 2. The summed E-state index contributed by atoms with van der Waals surface area (Å²) in [5.41, 5.74) is 1.52. The highest BCUT2D eigenvalue weighted by Gasteiger charge is 2.20. The molecule has 0 saturated carbocycles. The van der Waals surface area contributed by atoms with Gasteiger partial charge in [-0.2, -0.15) is 0 Å². The van der Waals surface area contributed by atoms with Crippen molar-refractivity contribution in [3.05, 3.63) is 54.9 Å². The number of pyridine rings is 1. The smallest absolute Gasteiger partial charge is 0.246 e. The predicted molar refractivity (Wildman–Crippen MR) is 115 cm³/mol. The first-order valence-electron chi connectivity index (χ1n) is 9.80. The van der Waals surface area contributed by atoms with Crippen LogP contribution in [-0.4, -0.2) is 55.3 Å². The van der Waals surface area contributed by atoms with Crippen LogP contribution in [0.3, 0.4) is 0 Å². The van der Waals surface area contributed by atoms with E-state index in [9.17, 15) is 9.59 Å². The minimum Gasteiger partial charge on any atom is -0.342 e. The molecule has 1 N–H and O–H groups in total. The van der Waals surface area contributed by atoms with Gasteiger partial charge in [-0.3, -0.25) is 14.6 Å². The number of carbonyl (C=O) groups is 2. The Hall–Kier alpha value is -3.20. The lowest BCUT2D eigenvalue weighted by molar-refractivity contribution is -0.127. The van der Waals surface area contributed by atoms with Crippen LogP contribution in [0.2, 0.25) is 0 Å². The highest BCUT2D eigenvalue weighted by Crippen LogP contribution is 2.22. The molecule has 1 fully saturated rings. The zero-order valence-corrected chi connectivity index (χ0v) is 17.2. The molecule has 1 aliphatic rings. The van der Waals surface area contributed by atoms with Gasteiger partial charge in [0.05, 0.1) is 5.75 Å². The largest absolute Gasteiger partial charge is 0.342 e. The van der Waals surface area contributed by atoms with E-state index in [4.69, 9.17) is 0 Å². The Labute approximate surface area is 178 Å². The molecule has 1 aromatic carbocycles. The molecule has 30 heavy (non-hydrogen) atoms. The number of thioether (sulfide) groups is 1. The third-order valence-corrected chi connectivity index (χ3v) is 5.66. The molecule has 8 nitrogen and oxygen atoms in total. The van der Waals surface area contributed by atoms with Crippen LogP contribution in [0.1, 0.15) is 12.8 Å². The van der Waals surface area contributed by atoms with Gasteiger partial charge in [-0.25, -0.2) is 9.67 Å². The van der Waals surface area contributed by atoms with E-state index in [1.807, 2.05) is 47.4 Å². The van der Waals surface area contributed by atoms with Gasteiger partial charge in [-0.05, 0) is 37.1 Å². The Morgan fingerprint density at radius 1 is 1.03 bits per heavy atom. The molecular weight excluding hydrogens is 400 g/mol. The summed E-state index contributed by atoms with van der Waals surface area (Å²) in [5.74, 6) is 0.654. The number of likely N-dealkylation sites (tertiary alicyclic amines) is 1. The molecule has 3 heterocycles. The zero-order chi connectivity index (χ0) is 20.8. The van der Waals surface area contributed by atoms with Gasteiger partial charge in [0.15, 0.2) is 11.0 Å². The van der Waals surface area contributed by atoms with Crippen LogP contribution in [-0.2, 0) is 16.1 Å². The fraction of sp³-hybridized carbons (Fsp3) is 0.286. The summed E-state index contributed by atoms with van der Waals surface area (Å²) in [6.07, 6.45) is 5.45. The second-order valence-corrected chi connectivity index (χ2v) is 7.84. The maximum Gasteiger partial charge on any atom is 0.246 e. The summed E-state index contributed by atoms with van der Waals surface area (Å²) in [6, 6.07) is 12.9. The SMILES string of the molecule is O=C(Cn1nc(-c2ccncc2)nc1SCC(=O)N1CCCC1)Nc1ccccc1. The van der Waals surface area contributed by atoms with Gasteiger partial charge in [-0.1, -0.05) is 30.0 Å². The second kappa shape index (κ2) is 9.53. The monoisotopic (exact) mass is 422 g/mol. The van der Waals surface area contributed by atoms with E-state index in [0.29, 0.717) is 11.0 Å². The van der Waals surface area contributed by atoms with E-state index >= 15 is 0 Å². The Balaban J connectivity index is 1.50. The average molecular weight is 423 g/mol. The molecule has 154 valence electrons. The van der Waals surface area contributed by atoms with E-state index in [1.165, 1.54) is 11.8 Å². The molecule has 0 aliphatic carbocycles. The Morgan fingerprint density at radius 3 is 2.50 bits per heavy atom. The number of aromatic nitrogens is 4. The number of hydrogen-bond donors (Lipinski definition) is 1. The summed E-state index contributed by atoms with van der Waals surface area (Å²) in [4.78, 5) is 35.4. The number of hydrogen-bond acceptors (Lipinski definition) is 6. The minimum absolute atomic E-state index is 0.00716. The molecule has 0 bridgehead atoms. The number of amides is 2. The van der Waals surface area contributed by atoms with Crippen molar-refractivity contribution in [1.29, 1.82) is 0 Å². The van der Waals surface area contributed by atoms with E-state index in [0.717, 1.165) is 37.2 Å². The van der Waals surface area contributed by atoms with Gasteiger partial charge in [-0.15, -0.1) is 5.10 Å². The van der Waals surface area contributed by atoms with E-state index < -0.39 is 0 Å². The molecule has 0 spiro atoms. The van der Waals surface area contributed by atoms with Crippen molar-refractivity contribution in [2.45, 2.75) is 24.5 Å². The summed E-state index contributed by atoms with van der Waals surface area (Å²) in [5, 5.41) is 7.90. The Morgan fingerprint density at radius 2 is 1.77 bits per heavy atom. The number of rotatable bonds is 7. The van der Waals surface area contributed by atoms with Crippen molar-refractivity contribution in [3.63, 3.8) is 0 Å². The number of benzene rings is 1. The average Bonchev–Trinajstić information content (AvgIpc) is 3.44. The van der Waals surface area contributed by atoms with E-state index in [2.05, 4.69) is 20.4 Å². The molecule has 3 aromatic rings. The van der Waals surface area contributed by atoms with Crippen LogP contribution in [0.25, 0.3) is 11.4 Å². The lowest BCUT2D eigenvalue weighted by Crippen LogP contribution is -2.29. The van der Waals surface area contributed by atoms with E-state index in [-0.39, 0.29) is 24.1 Å². The van der Waals surface area contributed by atoms with Crippen molar-refractivity contribution in [2.75, 3.05) is 24.2 Å². The lowest BCUT2D eigenvalue weighted by atomic mass is 10.3. The van der Waals surface area contributed by atoms with Crippen molar-refractivity contribution in [3.8, 4) is 11.4 Å². The van der Waals surface area contributed by atoms with Crippen LogP contribution >= 0.6 is 11.8 Å². The molecule has 1 saturated heterocycles. The number of nitrogens with zero attached hydrogens (tertiary/aromatic N) is 5. The van der Waals surface area contributed by atoms with E-state index in [1.54, 1.807) is 17.1 Å². The molecule has 2 aromatic heterocycles. The lowest BCUT2D eigenvalue weighted by Gasteiger charge is -2.14. The van der Waals surface area contributed by atoms with Gasteiger partial charge in [0.2, 0.25) is 11.8 Å². The summed E-state index contributed by atoms with van der Waals surface area (Å²) in [7, 11) is 0. The third-order valence-electron chi connectivity index (χ3n) is 4.71. The van der Waals surface area contributed by atoms with Crippen LogP contribution in [0.4, 0.5) is 5.69 Å². The van der Waals surface area contributed by atoms with Crippen molar-refractivity contribution >= 4 is 29.3 Å². The first-order valence-corrected chi connectivity index (χ1v) is 10.8. The number of nitrogens with one attached hydrogen (secondary N) is 1. The van der Waals surface area contributed by atoms with Crippen molar-refractivity contribution < 1.29 is 9.59 Å². The fourth-order valence-electron chi connectivity index (χ4n) is 3.20. The summed E-state index contributed by atoms with van der Waals surface area (Å²) >= 11 is 1.31. The van der Waals surface area contributed by atoms with Crippen LogP contribution in [0.5, 0.6) is 0 Å². The van der Waals surface area contributed by atoms with Crippen molar-refractivity contribution in [2.24, 2.45) is 0 Å². The van der Waals surface area contributed by atoms with Crippen LogP contribution in [0, 0.1) is 0 Å². The third kappa shape index (κ3) is 5.04. The quantitative estimate of drug-likeness (QED) is 0.589. The van der Waals surface area contributed by atoms with Crippen molar-refractivity contribution in [1.82, 2.24) is 24.6 Å². The first kappa shape index (κ1) is 20.1. The Kier molecular flexibility index (Phi) is 6.38. The molecule has 4 rings (SSSR count). The molecule has 0 unspecified atom stereocenters. The van der Waals surface area contributed by atoms with Gasteiger partial charge in [0, 0.05) is 36.7 Å². The summed E-state index contributed by atoms with van der Waals surface area (Å²) in [6.45, 7) is 1.63. The fourth-order valence-corrected chi connectivity index (χ4v) is 4.04. The minimum atomic E-state index is -0.208. The van der Waals surface area contributed by atoms with Gasteiger partial charge in [0.25, 0.3) is 0 Å². The molecule has 1 aliphatic heterocycles. The van der Waals surface area contributed by atoms with Crippen LogP contribution in [0.15, 0.2) is 60.0 Å². The number of anilines is 1. The maximum absolute atomic E-state index is 12.5. The number of para-hydroxylation sites is 1. The second-order valence-electron chi connectivity index (χ2n) is 6.90. The Bertz CT molecular complexity index is 1000. The summed E-state index contributed by atoms with van der Waals surface area (Å²) < 4.78 is 1.55. The van der Waals surface area contributed by atoms with Gasteiger partial charge in [0.1, 0.15) is 6.54 Å². The molecular formula is C21H22N6O2S. The molecule has 9 heteroatoms. The predicted octanol–water partition coefficient (Wildman–Crippen LogP) is 2.69.